The molecule has 0 N–H and O–H groups in total. The first kappa shape index (κ1) is 21.2. The second-order valence-electron chi connectivity index (χ2n) is 8.23. The van der Waals surface area contributed by atoms with Gasteiger partial charge in [0, 0.05) is 55.3 Å². The van der Waals surface area contributed by atoms with E-state index in [1.807, 2.05) is 13.8 Å². The Kier molecular flexibility index (Phi) is 4.77. The lowest BCUT2D eigenvalue weighted by Crippen LogP contribution is -2.33. The molecule has 1 aliphatic rings. The fraction of sp³-hybridized carbons (Fsp3) is 0.304. The highest BCUT2D eigenvalue weighted by Crippen LogP contribution is 2.37. The zero-order valence-electron chi connectivity index (χ0n) is 18.3. The molecule has 1 aliphatic heterocycles. The molecule has 0 atom stereocenters. The quantitative estimate of drug-likeness (QED) is 0.462. The summed E-state index contributed by atoms with van der Waals surface area (Å²) in [6.07, 6.45) is -2.30. The molecule has 0 spiro atoms. The summed E-state index contributed by atoms with van der Waals surface area (Å²) in [5, 5.41) is 4.21. The van der Waals surface area contributed by atoms with E-state index >= 15 is 0 Å². The molecule has 3 aromatic heterocycles. The molecule has 170 valence electrons. The molecule has 33 heavy (non-hydrogen) atoms. The fourth-order valence-electron chi connectivity index (χ4n) is 4.37. The van der Waals surface area contributed by atoms with Crippen LogP contribution < -0.4 is 10.6 Å². The number of anilines is 1. The third kappa shape index (κ3) is 3.46. The summed E-state index contributed by atoms with van der Waals surface area (Å²) in [5.74, 6) is 1.02. The zero-order valence-corrected chi connectivity index (χ0v) is 18.3. The smallest absolute Gasteiger partial charge is 0.351 e. The highest BCUT2D eigenvalue weighted by molar-refractivity contribution is 5.68. The first-order chi connectivity index (χ1) is 15.6. The van der Waals surface area contributed by atoms with Crippen LogP contribution in [0.2, 0.25) is 0 Å². The van der Waals surface area contributed by atoms with E-state index in [0.29, 0.717) is 36.7 Å². The van der Waals surface area contributed by atoms with Gasteiger partial charge in [-0.3, -0.25) is 4.98 Å². The molecule has 4 heterocycles. The number of benzene rings is 1. The SMILES string of the molecule is Cc1c(N2CCc3ncc(-c4ccccc4C(F)(F)F)cc3C2)nc2nn(C)c(=O)n2c1C. The van der Waals surface area contributed by atoms with Crippen LogP contribution in [0.3, 0.4) is 0 Å². The van der Waals surface area contributed by atoms with E-state index in [2.05, 4.69) is 20.0 Å². The van der Waals surface area contributed by atoms with Crippen molar-refractivity contribution < 1.29 is 13.2 Å². The fourth-order valence-corrected chi connectivity index (χ4v) is 4.37. The first-order valence-electron chi connectivity index (χ1n) is 10.5. The normalized spacial score (nSPS) is 14.1. The van der Waals surface area contributed by atoms with E-state index in [0.717, 1.165) is 28.6 Å². The minimum Gasteiger partial charge on any atom is -0.351 e. The highest BCUT2D eigenvalue weighted by atomic mass is 19.4. The third-order valence-electron chi connectivity index (χ3n) is 6.21. The summed E-state index contributed by atoms with van der Waals surface area (Å²) in [5.41, 5.74) is 2.92. The average Bonchev–Trinajstić information content (AvgIpc) is 3.08. The number of hydrogen-bond acceptors (Lipinski definition) is 5. The largest absolute Gasteiger partial charge is 0.417 e. The molecule has 0 fully saturated rings. The lowest BCUT2D eigenvalue weighted by atomic mass is 9.96. The Morgan fingerprint density at radius 2 is 1.88 bits per heavy atom. The van der Waals surface area contributed by atoms with Crippen LogP contribution in [0.5, 0.6) is 0 Å². The number of hydrogen-bond donors (Lipinski definition) is 0. The van der Waals surface area contributed by atoms with Crippen LogP contribution in [0, 0.1) is 13.8 Å². The maximum Gasteiger partial charge on any atom is 0.417 e. The van der Waals surface area contributed by atoms with Crippen molar-refractivity contribution in [2.75, 3.05) is 11.4 Å². The van der Waals surface area contributed by atoms with E-state index in [4.69, 9.17) is 0 Å². The van der Waals surface area contributed by atoms with Crippen molar-refractivity contribution in [3.63, 3.8) is 0 Å². The van der Waals surface area contributed by atoms with E-state index in [-0.39, 0.29) is 11.3 Å². The lowest BCUT2D eigenvalue weighted by Gasteiger charge is -2.31. The molecule has 0 saturated heterocycles. The molecule has 5 rings (SSSR count). The summed E-state index contributed by atoms with van der Waals surface area (Å²) in [6, 6.07) is 7.31. The Hall–Kier alpha value is -3.69. The van der Waals surface area contributed by atoms with Crippen molar-refractivity contribution in [3.8, 4) is 11.1 Å². The van der Waals surface area contributed by atoms with Gasteiger partial charge in [0.1, 0.15) is 5.82 Å². The summed E-state index contributed by atoms with van der Waals surface area (Å²) in [7, 11) is 1.58. The Bertz CT molecular complexity index is 1450. The van der Waals surface area contributed by atoms with E-state index < -0.39 is 11.7 Å². The molecule has 0 bridgehead atoms. The first-order valence-corrected chi connectivity index (χ1v) is 10.5. The van der Waals surface area contributed by atoms with Crippen molar-refractivity contribution in [3.05, 3.63) is 75.1 Å². The van der Waals surface area contributed by atoms with Gasteiger partial charge in [0.15, 0.2) is 0 Å². The number of aryl methyl sites for hydroxylation is 2. The molecule has 4 aromatic rings. The van der Waals surface area contributed by atoms with E-state index in [1.165, 1.54) is 27.4 Å². The van der Waals surface area contributed by atoms with Gasteiger partial charge in [-0.05, 0) is 37.1 Å². The number of halogens is 3. The van der Waals surface area contributed by atoms with Crippen LogP contribution in [0.1, 0.15) is 28.1 Å². The predicted octanol–water partition coefficient (Wildman–Crippen LogP) is 3.69. The Balaban J connectivity index is 1.56. The summed E-state index contributed by atoms with van der Waals surface area (Å²) in [6.45, 7) is 4.85. The molecule has 7 nitrogen and oxygen atoms in total. The molecule has 0 unspecified atom stereocenters. The maximum absolute atomic E-state index is 13.5. The highest BCUT2D eigenvalue weighted by Gasteiger charge is 2.33. The van der Waals surface area contributed by atoms with Crippen LogP contribution >= 0.6 is 0 Å². The number of fused-ring (bicyclic) bond motifs is 2. The Labute approximate surface area is 187 Å². The molecule has 10 heteroatoms. The molecular weight excluding hydrogens is 433 g/mol. The molecule has 0 amide bonds. The molecule has 0 saturated carbocycles. The monoisotopic (exact) mass is 454 g/mol. The number of alkyl halides is 3. The van der Waals surface area contributed by atoms with Crippen LogP contribution in [-0.2, 0) is 26.2 Å². The van der Waals surface area contributed by atoms with Crippen molar-refractivity contribution in [1.82, 2.24) is 24.1 Å². The van der Waals surface area contributed by atoms with Gasteiger partial charge >= 0.3 is 11.9 Å². The second kappa shape index (κ2) is 7.43. The predicted molar refractivity (Wildman–Crippen MR) is 117 cm³/mol. The minimum atomic E-state index is -4.45. The molecule has 0 radical (unpaired) electrons. The van der Waals surface area contributed by atoms with Gasteiger partial charge in [-0.25, -0.2) is 13.9 Å². The standard InChI is InChI=1S/C23H21F3N6O/c1-13-14(2)32-21(29-30(3)22(32)33)28-20(13)31-9-8-19-16(12-31)10-15(11-27-19)17-6-4-5-7-18(17)23(24,25)26/h4-7,10-11H,8-9,12H2,1-3H3. The maximum atomic E-state index is 13.5. The number of nitrogens with zero attached hydrogens (tertiary/aromatic N) is 6. The van der Waals surface area contributed by atoms with Crippen LogP contribution in [-0.4, -0.2) is 30.7 Å². The van der Waals surface area contributed by atoms with Crippen LogP contribution in [0.25, 0.3) is 16.9 Å². The number of pyridine rings is 1. The van der Waals surface area contributed by atoms with Crippen molar-refractivity contribution in [1.29, 1.82) is 0 Å². The van der Waals surface area contributed by atoms with Crippen LogP contribution in [0.15, 0.2) is 41.3 Å². The van der Waals surface area contributed by atoms with E-state index in [9.17, 15) is 18.0 Å². The summed E-state index contributed by atoms with van der Waals surface area (Å²) < 4.78 is 43.3. The minimum absolute atomic E-state index is 0.108. The van der Waals surface area contributed by atoms with Crippen molar-refractivity contribution >= 4 is 11.6 Å². The number of aromatic nitrogens is 5. The van der Waals surface area contributed by atoms with Gasteiger partial charge < -0.3 is 4.90 Å². The number of rotatable bonds is 2. The lowest BCUT2D eigenvalue weighted by molar-refractivity contribution is -0.137. The van der Waals surface area contributed by atoms with Crippen molar-refractivity contribution in [2.24, 2.45) is 7.05 Å². The average molecular weight is 454 g/mol. The van der Waals surface area contributed by atoms with Gasteiger partial charge in [0.25, 0.3) is 5.78 Å². The second-order valence-corrected chi connectivity index (χ2v) is 8.23. The van der Waals surface area contributed by atoms with Gasteiger partial charge in [-0.15, -0.1) is 5.10 Å². The zero-order chi connectivity index (χ0) is 23.5. The molecular formula is C23H21F3N6O. The summed E-state index contributed by atoms with van der Waals surface area (Å²) >= 11 is 0. The third-order valence-corrected chi connectivity index (χ3v) is 6.21. The Morgan fingerprint density at radius 1 is 1.12 bits per heavy atom. The topological polar surface area (TPSA) is 68.3 Å². The van der Waals surface area contributed by atoms with Gasteiger partial charge in [-0.1, -0.05) is 18.2 Å². The summed E-state index contributed by atoms with van der Waals surface area (Å²) in [4.78, 5) is 23.5. The molecule has 0 aliphatic carbocycles. The Morgan fingerprint density at radius 3 is 2.64 bits per heavy atom. The van der Waals surface area contributed by atoms with Crippen LogP contribution in [0.4, 0.5) is 19.0 Å². The van der Waals surface area contributed by atoms with Gasteiger partial charge in [0.2, 0.25) is 0 Å². The van der Waals surface area contributed by atoms with Crippen molar-refractivity contribution in [2.45, 2.75) is 33.0 Å². The van der Waals surface area contributed by atoms with Gasteiger partial charge in [-0.2, -0.15) is 18.2 Å². The van der Waals surface area contributed by atoms with Gasteiger partial charge in [0.05, 0.1) is 5.56 Å². The van der Waals surface area contributed by atoms with E-state index in [1.54, 1.807) is 19.2 Å². The molecule has 1 aromatic carbocycles.